The van der Waals surface area contributed by atoms with E-state index >= 15 is 0 Å². The first-order valence-electron chi connectivity index (χ1n) is 8.78. The molecular formula is C20H15ClFN5O2S. The van der Waals surface area contributed by atoms with Gasteiger partial charge in [0.1, 0.15) is 16.6 Å². The molecule has 0 saturated carbocycles. The van der Waals surface area contributed by atoms with Crippen molar-refractivity contribution in [2.24, 2.45) is 0 Å². The van der Waals surface area contributed by atoms with Crippen LogP contribution in [0.25, 0.3) is 17.0 Å². The molecule has 4 rings (SSSR count). The van der Waals surface area contributed by atoms with Crippen LogP contribution in [-0.2, 0) is 4.79 Å². The molecule has 0 spiro atoms. The number of methoxy groups -OCH3 is 1. The first-order chi connectivity index (χ1) is 14.5. The van der Waals surface area contributed by atoms with E-state index < -0.39 is 0 Å². The van der Waals surface area contributed by atoms with Gasteiger partial charge in [-0.3, -0.25) is 4.79 Å². The Hall–Kier alpha value is -3.17. The minimum Gasteiger partial charge on any atom is -0.495 e. The molecule has 0 atom stereocenters. The second-order valence-electron chi connectivity index (χ2n) is 6.16. The largest absolute Gasteiger partial charge is 0.495 e. The fraction of sp³-hybridized carbons (Fsp3) is 0.100. The molecule has 0 aliphatic heterocycles. The molecule has 1 amide bonds. The van der Waals surface area contributed by atoms with Gasteiger partial charge in [-0.15, -0.1) is 10.2 Å². The van der Waals surface area contributed by atoms with E-state index in [1.165, 1.54) is 35.5 Å². The van der Waals surface area contributed by atoms with Gasteiger partial charge in [-0.1, -0.05) is 35.5 Å². The van der Waals surface area contributed by atoms with Gasteiger partial charge in [-0.2, -0.15) is 9.61 Å². The van der Waals surface area contributed by atoms with E-state index in [0.717, 1.165) is 0 Å². The lowest BCUT2D eigenvalue weighted by molar-refractivity contribution is -0.113. The second-order valence-corrected chi connectivity index (χ2v) is 7.59. The smallest absolute Gasteiger partial charge is 0.234 e. The predicted octanol–water partition coefficient (Wildman–Crippen LogP) is 4.32. The number of amides is 1. The molecule has 0 fully saturated rings. The maximum absolute atomic E-state index is 13.6. The Kier molecular flexibility index (Phi) is 5.82. The number of hydrogen-bond donors (Lipinski definition) is 1. The van der Waals surface area contributed by atoms with E-state index in [-0.39, 0.29) is 17.5 Å². The summed E-state index contributed by atoms with van der Waals surface area (Å²) in [6, 6.07) is 14.5. The molecule has 0 bridgehead atoms. The third kappa shape index (κ3) is 4.37. The first-order valence-corrected chi connectivity index (χ1v) is 10.1. The molecular weight excluding hydrogens is 429 g/mol. The van der Waals surface area contributed by atoms with Crippen LogP contribution >= 0.6 is 23.4 Å². The van der Waals surface area contributed by atoms with Crippen LogP contribution in [-0.4, -0.2) is 38.6 Å². The van der Waals surface area contributed by atoms with Gasteiger partial charge < -0.3 is 10.1 Å². The minimum atomic E-state index is -0.372. The lowest BCUT2D eigenvalue weighted by atomic mass is 10.2. The summed E-state index contributed by atoms with van der Waals surface area (Å²) in [5, 5.41) is 16.5. The lowest BCUT2D eigenvalue weighted by Gasteiger charge is -2.10. The molecule has 0 radical (unpaired) electrons. The Morgan fingerprint density at radius 2 is 2.07 bits per heavy atom. The van der Waals surface area contributed by atoms with Crippen molar-refractivity contribution in [2.75, 3.05) is 18.2 Å². The Labute approximate surface area is 180 Å². The molecule has 0 aliphatic rings. The number of nitrogens with zero attached hydrogens (tertiary/aromatic N) is 4. The van der Waals surface area contributed by atoms with Crippen LogP contribution in [0.1, 0.15) is 0 Å². The zero-order valence-electron chi connectivity index (χ0n) is 15.7. The van der Waals surface area contributed by atoms with Crippen LogP contribution in [0.4, 0.5) is 10.1 Å². The van der Waals surface area contributed by atoms with Crippen molar-refractivity contribution >= 4 is 40.6 Å². The first kappa shape index (κ1) is 20.1. The highest BCUT2D eigenvalue weighted by atomic mass is 35.5. The number of ether oxygens (including phenoxy) is 1. The van der Waals surface area contributed by atoms with E-state index in [1.54, 1.807) is 42.5 Å². The number of carbonyl (C=O) groups is 1. The van der Waals surface area contributed by atoms with Crippen molar-refractivity contribution in [1.29, 1.82) is 0 Å². The van der Waals surface area contributed by atoms with Gasteiger partial charge in [0.15, 0.2) is 11.5 Å². The number of rotatable bonds is 6. The highest BCUT2D eigenvalue weighted by molar-refractivity contribution is 7.99. The maximum Gasteiger partial charge on any atom is 0.234 e. The summed E-state index contributed by atoms with van der Waals surface area (Å²) >= 11 is 7.23. The molecule has 2 heterocycles. The lowest BCUT2D eigenvalue weighted by Crippen LogP contribution is -2.15. The molecule has 7 nitrogen and oxygen atoms in total. The average Bonchev–Trinajstić information content (AvgIpc) is 3.16. The standard InChI is InChI=1S/C20H15ClFN5O2S/c1-29-16-6-5-13(21)10-15(16)23-18(28)11-30-19-8-7-17-24-25-20(27(17)26-19)12-3-2-4-14(22)9-12/h2-10H,11H2,1H3,(H,23,28). The normalized spacial score (nSPS) is 10.9. The minimum absolute atomic E-state index is 0.117. The molecule has 1 N–H and O–H groups in total. The van der Waals surface area contributed by atoms with Crippen molar-refractivity contribution in [1.82, 2.24) is 19.8 Å². The Bertz CT molecular complexity index is 1230. The highest BCUT2D eigenvalue weighted by Crippen LogP contribution is 2.28. The highest BCUT2D eigenvalue weighted by Gasteiger charge is 2.13. The monoisotopic (exact) mass is 443 g/mol. The van der Waals surface area contributed by atoms with Crippen LogP contribution < -0.4 is 10.1 Å². The molecule has 152 valence electrons. The van der Waals surface area contributed by atoms with E-state index in [2.05, 4.69) is 20.6 Å². The topological polar surface area (TPSA) is 81.4 Å². The Morgan fingerprint density at radius 3 is 2.87 bits per heavy atom. The van der Waals surface area contributed by atoms with Gasteiger partial charge in [0, 0.05) is 10.6 Å². The number of fused-ring (bicyclic) bond motifs is 1. The molecule has 0 saturated heterocycles. The van der Waals surface area contributed by atoms with Crippen LogP contribution in [0.3, 0.4) is 0 Å². The third-order valence-electron chi connectivity index (χ3n) is 4.11. The van der Waals surface area contributed by atoms with Crippen molar-refractivity contribution in [3.63, 3.8) is 0 Å². The molecule has 2 aromatic carbocycles. The number of halogens is 2. The molecule has 2 aromatic heterocycles. The zero-order chi connectivity index (χ0) is 21.1. The van der Waals surface area contributed by atoms with Crippen LogP contribution in [0, 0.1) is 5.82 Å². The second kappa shape index (κ2) is 8.68. The summed E-state index contributed by atoms with van der Waals surface area (Å²) in [7, 11) is 1.52. The quantitative estimate of drug-likeness (QED) is 0.447. The van der Waals surface area contributed by atoms with Crippen molar-refractivity contribution in [3.05, 3.63) is 65.4 Å². The summed E-state index contributed by atoms with van der Waals surface area (Å²) in [6.07, 6.45) is 0. The van der Waals surface area contributed by atoms with Crippen molar-refractivity contribution < 1.29 is 13.9 Å². The van der Waals surface area contributed by atoms with Gasteiger partial charge in [-0.25, -0.2) is 4.39 Å². The van der Waals surface area contributed by atoms with E-state index in [9.17, 15) is 9.18 Å². The van der Waals surface area contributed by atoms with E-state index in [4.69, 9.17) is 16.3 Å². The van der Waals surface area contributed by atoms with E-state index in [0.29, 0.717) is 38.5 Å². The van der Waals surface area contributed by atoms with E-state index in [1.807, 2.05) is 0 Å². The number of benzene rings is 2. The summed E-state index contributed by atoms with van der Waals surface area (Å²) in [6.45, 7) is 0. The summed E-state index contributed by atoms with van der Waals surface area (Å²) in [5.41, 5.74) is 1.57. The fourth-order valence-corrected chi connectivity index (χ4v) is 3.59. The maximum atomic E-state index is 13.6. The molecule has 0 unspecified atom stereocenters. The molecule has 0 aliphatic carbocycles. The summed E-state index contributed by atoms with van der Waals surface area (Å²) in [5.74, 6) is 0.437. The van der Waals surface area contributed by atoms with Gasteiger partial charge in [0.25, 0.3) is 0 Å². The van der Waals surface area contributed by atoms with Gasteiger partial charge >= 0.3 is 0 Å². The number of thioether (sulfide) groups is 1. The molecule has 10 heteroatoms. The number of nitrogens with one attached hydrogen (secondary N) is 1. The number of anilines is 1. The van der Waals surface area contributed by atoms with Gasteiger partial charge in [0.2, 0.25) is 5.91 Å². The number of aromatic nitrogens is 4. The van der Waals surface area contributed by atoms with Crippen LogP contribution in [0.15, 0.2) is 59.6 Å². The average molecular weight is 444 g/mol. The number of hydrogen-bond acceptors (Lipinski definition) is 6. The number of carbonyl (C=O) groups excluding carboxylic acids is 1. The van der Waals surface area contributed by atoms with Crippen molar-refractivity contribution in [3.8, 4) is 17.1 Å². The molecule has 30 heavy (non-hydrogen) atoms. The third-order valence-corrected chi connectivity index (χ3v) is 5.26. The van der Waals surface area contributed by atoms with Crippen molar-refractivity contribution in [2.45, 2.75) is 5.03 Å². The zero-order valence-corrected chi connectivity index (χ0v) is 17.2. The predicted molar refractivity (Wildman–Crippen MR) is 114 cm³/mol. The van der Waals surface area contributed by atoms with Gasteiger partial charge in [0.05, 0.1) is 18.6 Å². The fourth-order valence-electron chi connectivity index (χ4n) is 2.76. The van der Waals surface area contributed by atoms with Gasteiger partial charge in [-0.05, 0) is 42.5 Å². The SMILES string of the molecule is COc1ccc(Cl)cc1NC(=O)CSc1ccc2nnc(-c3cccc(F)c3)n2n1. The Morgan fingerprint density at radius 1 is 1.20 bits per heavy atom. The summed E-state index contributed by atoms with van der Waals surface area (Å²) < 4.78 is 20.3. The van der Waals surface area contributed by atoms with Crippen LogP contribution in [0.2, 0.25) is 5.02 Å². The van der Waals surface area contributed by atoms with Crippen LogP contribution in [0.5, 0.6) is 5.75 Å². The molecule has 4 aromatic rings. The summed E-state index contributed by atoms with van der Waals surface area (Å²) in [4.78, 5) is 12.4. The Balaban J connectivity index is 1.50.